The molecule has 3 rings (SSSR count). The molecule has 0 amide bonds. The number of nitrogens with zero attached hydrogens (tertiary/aromatic N) is 1. The second-order valence-corrected chi connectivity index (χ2v) is 6.83. The van der Waals surface area contributed by atoms with E-state index in [4.69, 9.17) is 4.74 Å². The predicted molar refractivity (Wildman–Crippen MR) is 87.9 cm³/mol. The van der Waals surface area contributed by atoms with Crippen LogP contribution >= 0.6 is 0 Å². The molecule has 2 fully saturated rings. The third-order valence-corrected chi connectivity index (χ3v) is 5.33. The van der Waals surface area contributed by atoms with Gasteiger partial charge < -0.3 is 10.1 Å². The van der Waals surface area contributed by atoms with Crippen molar-refractivity contribution in [2.45, 2.75) is 51.1 Å². The van der Waals surface area contributed by atoms with Gasteiger partial charge in [-0.1, -0.05) is 18.2 Å². The molecule has 0 aromatic heterocycles. The van der Waals surface area contributed by atoms with Crippen LogP contribution in [0, 0.1) is 6.92 Å². The van der Waals surface area contributed by atoms with E-state index in [0.29, 0.717) is 11.6 Å². The van der Waals surface area contributed by atoms with Crippen LogP contribution in [0.25, 0.3) is 0 Å². The molecule has 3 nitrogen and oxygen atoms in total. The summed E-state index contributed by atoms with van der Waals surface area (Å²) in [6.45, 7) is 8.88. The Hall–Kier alpha value is -1.06. The maximum Gasteiger partial charge on any atom is 0.0483 e. The van der Waals surface area contributed by atoms with Gasteiger partial charge in [-0.15, -0.1) is 0 Å². The van der Waals surface area contributed by atoms with Crippen LogP contribution in [0.2, 0.25) is 0 Å². The Labute approximate surface area is 128 Å². The maximum atomic E-state index is 5.53. The van der Waals surface area contributed by atoms with E-state index in [2.05, 4.69) is 48.3 Å². The zero-order chi connectivity index (χ0) is 14.7. The number of rotatable bonds is 3. The zero-order valence-corrected chi connectivity index (χ0v) is 13.4. The number of anilines is 1. The normalized spacial score (nSPS) is 23.9. The summed E-state index contributed by atoms with van der Waals surface area (Å²) in [6, 6.07) is 9.22. The van der Waals surface area contributed by atoms with Crippen molar-refractivity contribution in [1.82, 2.24) is 4.90 Å². The molecule has 0 unspecified atom stereocenters. The summed E-state index contributed by atoms with van der Waals surface area (Å²) < 4.78 is 5.53. The van der Waals surface area contributed by atoms with Crippen LogP contribution < -0.4 is 5.32 Å². The second kappa shape index (κ2) is 6.37. The van der Waals surface area contributed by atoms with Gasteiger partial charge in [0.25, 0.3) is 0 Å². The van der Waals surface area contributed by atoms with Crippen LogP contribution in [0.4, 0.5) is 5.69 Å². The molecular weight excluding hydrogens is 260 g/mol. The standard InChI is InChI=1S/C18H28N2O/c1-15-5-3-4-6-17(15)19-16-7-11-20(12-8-16)18(2)9-13-21-14-10-18/h3-6,16,19H,7-14H2,1-2H3. The minimum atomic E-state index is 0.367. The van der Waals surface area contributed by atoms with E-state index >= 15 is 0 Å². The highest BCUT2D eigenvalue weighted by Crippen LogP contribution is 2.31. The smallest absolute Gasteiger partial charge is 0.0483 e. The number of aryl methyl sites for hydroxylation is 1. The highest BCUT2D eigenvalue weighted by Gasteiger charge is 2.35. The van der Waals surface area contributed by atoms with E-state index in [1.54, 1.807) is 0 Å². The van der Waals surface area contributed by atoms with Crippen molar-refractivity contribution >= 4 is 5.69 Å². The third-order valence-electron chi connectivity index (χ3n) is 5.33. The number of para-hydroxylation sites is 1. The topological polar surface area (TPSA) is 24.5 Å². The van der Waals surface area contributed by atoms with Crippen LogP contribution in [0.15, 0.2) is 24.3 Å². The number of hydrogen-bond acceptors (Lipinski definition) is 3. The lowest BCUT2D eigenvalue weighted by Gasteiger charge is -2.47. The number of ether oxygens (including phenoxy) is 1. The second-order valence-electron chi connectivity index (χ2n) is 6.83. The summed E-state index contributed by atoms with van der Waals surface area (Å²) >= 11 is 0. The van der Waals surface area contributed by atoms with E-state index < -0.39 is 0 Å². The maximum absolute atomic E-state index is 5.53. The molecule has 1 aromatic rings. The molecule has 2 saturated heterocycles. The molecule has 2 aliphatic heterocycles. The van der Waals surface area contributed by atoms with E-state index in [1.165, 1.54) is 50.0 Å². The average Bonchev–Trinajstić information content (AvgIpc) is 2.51. The van der Waals surface area contributed by atoms with Gasteiger partial charge in [-0.05, 0) is 51.2 Å². The SMILES string of the molecule is Cc1ccccc1NC1CCN(C2(C)CCOCC2)CC1. The van der Waals surface area contributed by atoms with Crippen LogP contribution in [-0.4, -0.2) is 42.8 Å². The Balaban J connectivity index is 1.54. The van der Waals surface area contributed by atoms with E-state index in [9.17, 15) is 0 Å². The lowest BCUT2D eigenvalue weighted by molar-refractivity contribution is -0.0273. The highest BCUT2D eigenvalue weighted by atomic mass is 16.5. The molecule has 2 heterocycles. The van der Waals surface area contributed by atoms with Crippen LogP contribution in [0.3, 0.4) is 0 Å². The Kier molecular flexibility index (Phi) is 4.51. The van der Waals surface area contributed by atoms with Crippen molar-refractivity contribution in [3.8, 4) is 0 Å². The van der Waals surface area contributed by atoms with Crippen molar-refractivity contribution in [3.63, 3.8) is 0 Å². The zero-order valence-electron chi connectivity index (χ0n) is 13.4. The Morgan fingerprint density at radius 2 is 1.81 bits per heavy atom. The van der Waals surface area contributed by atoms with Gasteiger partial charge in [0.1, 0.15) is 0 Å². The fourth-order valence-corrected chi connectivity index (χ4v) is 3.65. The molecule has 3 heteroatoms. The van der Waals surface area contributed by atoms with Gasteiger partial charge in [0.2, 0.25) is 0 Å². The fraction of sp³-hybridized carbons (Fsp3) is 0.667. The molecule has 1 N–H and O–H groups in total. The highest BCUT2D eigenvalue weighted by molar-refractivity contribution is 5.50. The first kappa shape index (κ1) is 14.9. The first-order chi connectivity index (χ1) is 10.2. The van der Waals surface area contributed by atoms with E-state index in [-0.39, 0.29) is 0 Å². The number of likely N-dealkylation sites (tertiary alicyclic amines) is 1. The number of benzene rings is 1. The van der Waals surface area contributed by atoms with Crippen LogP contribution in [0.5, 0.6) is 0 Å². The summed E-state index contributed by atoms with van der Waals surface area (Å²) in [5.41, 5.74) is 3.01. The van der Waals surface area contributed by atoms with Gasteiger partial charge in [0.05, 0.1) is 0 Å². The summed E-state index contributed by atoms with van der Waals surface area (Å²) in [5.74, 6) is 0. The number of nitrogens with one attached hydrogen (secondary N) is 1. The number of hydrogen-bond donors (Lipinski definition) is 1. The molecule has 0 atom stereocenters. The van der Waals surface area contributed by atoms with Crippen molar-refractivity contribution < 1.29 is 4.74 Å². The van der Waals surface area contributed by atoms with Crippen molar-refractivity contribution in [3.05, 3.63) is 29.8 Å². The quantitative estimate of drug-likeness (QED) is 0.922. The molecule has 0 aliphatic carbocycles. The Bertz CT molecular complexity index is 460. The molecule has 1 aromatic carbocycles. The lowest BCUT2D eigenvalue weighted by atomic mass is 9.87. The van der Waals surface area contributed by atoms with Gasteiger partial charge in [0.15, 0.2) is 0 Å². The summed E-state index contributed by atoms with van der Waals surface area (Å²) in [6.07, 6.45) is 4.85. The van der Waals surface area contributed by atoms with E-state index in [0.717, 1.165) is 13.2 Å². The molecule has 0 radical (unpaired) electrons. The molecule has 116 valence electrons. The number of piperidine rings is 1. The minimum Gasteiger partial charge on any atom is -0.382 e. The minimum absolute atomic E-state index is 0.367. The first-order valence-electron chi connectivity index (χ1n) is 8.32. The van der Waals surface area contributed by atoms with Crippen molar-refractivity contribution in [2.75, 3.05) is 31.6 Å². The summed E-state index contributed by atoms with van der Waals surface area (Å²) in [5, 5.41) is 3.73. The van der Waals surface area contributed by atoms with E-state index in [1.807, 2.05) is 0 Å². The molecule has 0 bridgehead atoms. The summed E-state index contributed by atoms with van der Waals surface area (Å²) in [4.78, 5) is 2.70. The summed E-state index contributed by atoms with van der Waals surface area (Å²) in [7, 11) is 0. The van der Waals surface area contributed by atoms with Gasteiger partial charge in [0, 0.05) is 43.6 Å². The van der Waals surface area contributed by atoms with Gasteiger partial charge in [-0.25, -0.2) is 0 Å². The Morgan fingerprint density at radius 1 is 1.14 bits per heavy atom. The lowest BCUT2D eigenvalue weighted by Crippen LogP contribution is -2.54. The largest absolute Gasteiger partial charge is 0.382 e. The van der Waals surface area contributed by atoms with Gasteiger partial charge >= 0.3 is 0 Å². The molecule has 0 spiro atoms. The van der Waals surface area contributed by atoms with Gasteiger partial charge in [-0.3, -0.25) is 4.90 Å². The molecule has 0 saturated carbocycles. The molecule has 21 heavy (non-hydrogen) atoms. The van der Waals surface area contributed by atoms with Gasteiger partial charge in [-0.2, -0.15) is 0 Å². The van der Waals surface area contributed by atoms with Crippen LogP contribution in [0.1, 0.15) is 38.2 Å². The molecular formula is C18H28N2O. The Morgan fingerprint density at radius 3 is 2.48 bits per heavy atom. The first-order valence-corrected chi connectivity index (χ1v) is 8.32. The predicted octanol–water partition coefficient (Wildman–Crippen LogP) is 3.44. The van der Waals surface area contributed by atoms with Crippen LogP contribution in [-0.2, 0) is 4.74 Å². The monoisotopic (exact) mass is 288 g/mol. The fourth-order valence-electron chi connectivity index (χ4n) is 3.65. The third kappa shape index (κ3) is 3.41. The average molecular weight is 288 g/mol. The molecule has 2 aliphatic rings. The van der Waals surface area contributed by atoms with Crippen molar-refractivity contribution in [1.29, 1.82) is 0 Å². The van der Waals surface area contributed by atoms with Crippen molar-refractivity contribution in [2.24, 2.45) is 0 Å².